The Morgan fingerprint density at radius 1 is 0.333 bits per heavy atom. The van der Waals surface area contributed by atoms with Crippen LogP contribution in [0.25, 0.3) is 0 Å². The zero-order chi connectivity index (χ0) is 0. The average Bonchev–Trinajstić information content (AvgIpc) is 0. The molecule has 6 heteroatoms. The van der Waals surface area contributed by atoms with Crippen molar-refractivity contribution < 1.29 is 16.4 Å². The van der Waals surface area contributed by atoms with E-state index in [0.29, 0.717) is 0 Å². The molecule has 0 radical (unpaired) electrons. The van der Waals surface area contributed by atoms with Crippen molar-refractivity contribution in [1.82, 2.24) is 0 Å². The van der Waals surface area contributed by atoms with E-state index in [0.717, 1.165) is 0 Å². The van der Waals surface area contributed by atoms with Gasteiger partial charge in [0, 0.05) is 0 Å². The Hall–Kier alpha value is 0.386. The first kappa shape index (κ1) is 1240. The van der Waals surface area contributed by atoms with Gasteiger partial charge in [-0.2, -0.15) is 0 Å². The fourth-order valence-electron chi connectivity index (χ4n) is 0. The van der Waals surface area contributed by atoms with Gasteiger partial charge in [-0.3, -0.25) is 0 Å². The molecule has 0 fully saturated rings. The molecule has 0 saturated heterocycles. The van der Waals surface area contributed by atoms with E-state index in [9.17, 15) is 0 Å². The van der Waals surface area contributed by atoms with Crippen molar-refractivity contribution in [1.29, 1.82) is 0 Å². The SMILES string of the molecule is [Be+2].[Be+2].[Be+2].[OH-].[OH-].[OH-]. The third kappa shape index (κ3) is 337. The monoisotopic (exact) mass is 78.0 g/mol. The Labute approximate surface area is 47.7 Å². The van der Waals surface area contributed by atoms with E-state index >= 15 is 0 Å². The quantitative estimate of drug-likeness (QED) is 0.324. The van der Waals surface area contributed by atoms with Crippen LogP contribution >= 0.6 is 0 Å². The van der Waals surface area contributed by atoms with Gasteiger partial charge in [0.15, 0.2) is 0 Å². The van der Waals surface area contributed by atoms with Gasteiger partial charge in [-0.25, -0.2) is 0 Å². The summed E-state index contributed by atoms with van der Waals surface area (Å²) in [6.07, 6.45) is 0. The van der Waals surface area contributed by atoms with Crippen LogP contribution in [-0.2, 0) is 0 Å². The first-order valence-corrected chi connectivity index (χ1v) is 0. The van der Waals surface area contributed by atoms with Gasteiger partial charge in [-0.05, 0) is 0 Å². The van der Waals surface area contributed by atoms with E-state index in [-0.39, 0.29) is 46.8 Å². The van der Waals surface area contributed by atoms with Crippen LogP contribution in [0.5, 0.6) is 0 Å². The summed E-state index contributed by atoms with van der Waals surface area (Å²) < 4.78 is 0. The molecule has 0 amide bonds. The molecule has 0 rings (SSSR count). The molecule has 0 atom stereocenters. The van der Waals surface area contributed by atoms with Crippen LogP contribution in [0.4, 0.5) is 0 Å². The molecular weight excluding hydrogens is 75.0 g/mol. The molecule has 0 aromatic rings. The van der Waals surface area contributed by atoms with Crippen molar-refractivity contribution in [2.24, 2.45) is 0 Å². The molecule has 0 heterocycles. The van der Waals surface area contributed by atoms with E-state index in [1.807, 2.05) is 0 Å². The molecule has 0 aromatic carbocycles. The van der Waals surface area contributed by atoms with Gasteiger partial charge in [0.1, 0.15) is 0 Å². The summed E-state index contributed by atoms with van der Waals surface area (Å²) in [6, 6.07) is 0. The van der Waals surface area contributed by atoms with Crippen LogP contribution in [0, 0.1) is 0 Å². The summed E-state index contributed by atoms with van der Waals surface area (Å²) >= 11 is 0. The molecule has 0 saturated carbocycles. The number of hydrogen-bond acceptors (Lipinski definition) is 3. The zero-order valence-corrected chi connectivity index (χ0v) is 3.46. The first-order chi connectivity index (χ1) is 0. The van der Waals surface area contributed by atoms with Gasteiger partial charge in [0.25, 0.3) is 0 Å². The molecule has 0 aliphatic heterocycles. The van der Waals surface area contributed by atoms with Gasteiger partial charge in [-0.1, -0.05) is 0 Å². The minimum atomic E-state index is 0. The Bertz CT molecular complexity index is 6.00. The van der Waals surface area contributed by atoms with E-state index in [4.69, 9.17) is 0 Å². The maximum Gasteiger partial charge on any atom is 2.00 e. The van der Waals surface area contributed by atoms with Crippen LogP contribution in [0.2, 0.25) is 0 Å². The summed E-state index contributed by atoms with van der Waals surface area (Å²) in [5, 5.41) is 0. The van der Waals surface area contributed by atoms with Gasteiger partial charge < -0.3 is 16.4 Å². The van der Waals surface area contributed by atoms with Gasteiger partial charge in [0.2, 0.25) is 0 Å². The topological polar surface area (TPSA) is 90.0 Å². The molecule has 3 N–H and O–H groups in total. The molecule has 0 aliphatic carbocycles. The van der Waals surface area contributed by atoms with E-state index < -0.39 is 0 Å². The maximum absolute atomic E-state index is 0. The Balaban J connectivity index is 0. The fourth-order valence-corrected chi connectivity index (χ4v) is 0. The van der Waals surface area contributed by atoms with Gasteiger partial charge in [0.05, 0.1) is 0 Å². The van der Waals surface area contributed by atoms with Crippen molar-refractivity contribution >= 4 is 30.4 Å². The van der Waals surface area contributed by atoms with Crippen LogP contribution in [-0.4, -0.2) is 46.8 Å². The first-order valence-electron chi connectivity index (χ1n) is 0. The van der Waals surface area contributed by atoms with Crippen molar-refractivity contribution in [3.8, 4) is 0 Å². The van der Waals surface area contributed by atoms with Crippen molar-refractivity contribution in [2.45, 2.75) is 0 Å². The second kappa shape index (κ2) is 694. The van der Waals surface area contributed by atoms with E-state index in [1.54, 1.807) is 0 Å². The molecule has 0 aromatic heterocycles. The normalized spacial score (nSPS) is 0. The molecule has 3 nitrogen and oxygen atoms in total. The predicted octanol–water partition coefficient (Wildman–Crippen LogP) is -1.67. The third-order valence-electron chi connectivity index (χ3n) is 0. The number of rotatable bonds is 0. The second-order valence-electron chi connectivity index (χ2n) is 0. The Morgan fingerprint density at radius 2 is 0.333 bits per heavy atom. The predicted molar refractivity (Wildman–Crippen MR) is 23.1 cm³/mol. The fraction of sp³-hybridized carbons (Fsp3) is 0. The van der Waals surface area contributed by atoms with Crippen LogP contribution < -0.4 is 0 Å². The van der Waals surface area contributed by atoms with Crippen molar-refractivity contribution in [3.63, 3.8) is 0 Å². The standard InChI is InChI=1S/3Be.3H2O/h;;;3*1H2/q3*+2;;;/p-3. The minimum absolute atomic E-state index is 0. The van der Waals surface area contributed by atoms with Crippen LogP contribution in [0.15, 0.2) is 0 Å². The zero-order valence-electron chi connectivity index (χ0n) is 3.46. The van der Waals surface area contributed by atoms with Gasteiger partial charge >= 0.3 is 30.4 Å². The largest absolute Gasteiger partial charge is 2.00 e. The molecule has 0 unspecified atom stereocenters. The average molecular weight is 78.1 g/mol. The molecule has 0 aliphatic rings. The second-order valence-corrected chi connectivity index (χ2v) is 0. The van der Waals surface area contributed by atoms with E-state index in [2.05, 4.69) is 0 Å². The van der Waals surface area contributed by atoms with Crippen LogP contribution in [0.3, 0.4) is 0 Å². The van der Waals surface area contributed by atoms with Crippen molar-refractivity contribution in [3.05, 3.63) is 0 Å². The Morgan fingerprint density at radius 3 is 0.333 bits per heavy atom. The van der Waals surface area contributed by atoms with Crippen LogP contribution in [0.1, 0.15) is 0 Å². The van der Waals surface area contributed by atoms with Crippen molar-refractivity contribution in [2.75, 3.05) is 0 Å². The summed E-state index contributed by atoms with van der Waals surface area (Å²) in [4.78, 5) is 0. The summed E-state index contributed by atoms with van der Waals surface area (Å²) in [7, 11) is 0. The molecule has 0 bridgehead atoms. The summed E-state index contributed by atoms with van der Waals surface area (Å²) in [5.74, 6) is 0. The van der Waals surface area contributed by atoms with E-state index in [1.165, 1.54) is 0 Å². The number of hydrogen-bond donors (Lipinski definition) is 0. The molecule has 24 valence electrons. The summed E-state index contributed by atoms with van der Waals surface area (Å²) in [5.41, 5.74) is 0. The molecule has 6 heavy (non-hydrogen) atoms. The minimum Gasteiger partial charge on any atom is -0.870 e. The third-order valence-corrected chi connectivity index (χ3v) is 0. The van der Waals surface area contributed by atoms with Gasteiger partial charge in [-0.15, -0.1) is 0 Å². The summed E-state index contributed by atoms with van der Waals surface area (Å²) in [6.45, 7) is 0. The smallest absolute Gasteiger partial charge is 0.870 e. The maximum atomic E-state index is 0. The molecule has 0 spiro atoms. The Kier molecular flexibility index (Phi) is 143000. The molecular formula is H3Be3O3+3.